The molecule has 0 aromatic heterocycles. The van der Waals surface area contributed by atoms with Crippen molar-refractivity contribution in [2.24, 2.45) is 0 Å². The minimum atomic E-state index is -0.266. The number of hydrogen-bond donors (Lipinski definition) is 0. The van der Waals surface area contributed by atoms with E-state index in [1.165, 1.54) is 0 Å². The SMILES string of the molecule is CCOC(=O)c1ccc([Se])cc1. The zero-order valence-electron chi connectivity index (χ0n) is 6.74. The molecule has 1 radical (unpaired) electrons. The first-order chi connectivity index (χ1) is 5.74. The second-order valence-electron chi connectivity index (χ2n) is 2.24. The van der Waals surface area contributed by atoms with Crippen LogP contribution >= 0.6 is 0 Å². The van der Waals surface area contributed by atoms with Crippen LogP contribution in [0.2, 0.25) is 0 Å². The van der Waals surface area contributed by atoms with E-state index in [1.807, 2.05) is 12.1 Å². The summed E-state index contributed by atoms with van der Waals surface area (Å²) >= 11 is 2.85. The molecule has 1 rings (SSSR count). The Morgan fingerprint density at radius 2 is 2.00 bits per heavy atom. The fourth-order valence-electron chi connectivity index (χ4n) is 0.805. The van der Waals surface area contributed by atoms with E-state index in [4.69, 9.17) is 4.74 Å². The molecule has 0 fully saturated rings. The molecule has 0 aliphatic carbocycles. The molecule has 0 unspecified atom stereocenters. The Morgan fingerprint density at radius 3 is 2.50 bits per heavy atom. The van der Waals surface area contributed by atoms with Crippen LogP contribution in [0.15, 0.2) is 24.3 Å². The molecule has 0 bridgehead atoms. The van der Waals surface area contributed by atoms with Gasteiger partial charge in [0.25, 0.3) is 0 Å². The molecule has 0 aliphatic heterocycles. The van der Waals surface area contributed by atoms with E-state index in [0.29, 0.717) is 12.2 Å². The van der Waals surface area contributed by atoms with E-state index in [1.54, 1.807) is 19.1 Å². The summed E-state index contributed by atoms with van der Waals surface area (Å²) in [6, 6.07) is 7.16. The van der Waals surface area contributed by atoms with Gasteiger partial charge in [-0.1, -0.05) is 0 Å². The van der Waals surface area contributed by atoms with Crippen LogP contribution in [0, 0.1) is 0 Å². The topological polar surface area (TPSA) is 26.3 Å². The number of rotatable bonds is 2. The standard InChI is InChI=1S/C9H9O2Se/c1-2-11-9(10)7-3-5-8(12)6-4-7/h3-6H,2H2,1H3. The summed E-state index contributed by atoms with van der Waals surface area (Å²) in [6.07, 6.45) is 0. The summed E-state index contributed by atoms with van der Waals surface area (Å²) in [5.74, 6) is -0.266. The van der Waals surface area contributed by atoms with Crippen molar-refractivity contribution in [3.8, 4) is 0 Å². The molecule has 0 aliphatic rings. The third-order valence-electron chi connectivity index (χ3n) is 1.37. The molecular weight excluding hydrogens is 219 g/mol. The van der Waals surface area contributed by atoms with Crippen LogP contribution in [-0.4, -0.2) is 28.6 Å². The fraction of sp³-hybridized carbons (Fsp3) is 0.222. The van der Waals surface area contributed by atoms with Gasteiger partial charge in [0.2, 0.25) is 0 Å². The van der Waals surface area contributed by atoms with Gasteiger partial charge in [-0.05, 0) is 0 Å². The predicted molar refractivity (Wildman–Crippen MR) is 47.8 cm³/mol. The van der Waals surface area contributed by atoms with E-state index in [2.05, 4.69) is 16.0 Å². The fourth-order valence-corrected chi connectivity index (χ4v) is 1.09. The first-order valence-electron chi connectivity index (χ1n) is 3.68. The second kappa shape index (κ2) is 4.29. The Balaban J connectivity index is 2.75. The molecular formula is C9H9O2Se. The normalized spacial score (nSPS) is 9.42. The number of benzene rings is 1. The Bertz CT molecular complexity index is 266. The quantitative estimate of drug-likeness (QED) is 0.549. The molecule has 0 atom stereocenters. The van der Waals surface area contributed by atoms with Crippen molar-refractivity contribution in [3.63, 3.8) is 0 Å². The average molecular weight is 228 g/mol. The zero-order valence-corrected chi connectivity index (χ0v) is 8.45. The number of hydrogen-bond acceptors (Lipinski definition) is 2. The Hall–Kier alpha value is -0.791. The third-order valence-corrected chi connectivity index (χ3v) is 1.94. The Kier molecular flexibility index (Phi) is 3.32. The monoisotopic (exact) mass is 229 g/mol. The summed E-state index contributed by atoms with van der Waals surface area (Å²) in [5, 5.41) is 0. The minimum absolute atomic E-state index is 0.266. The number of ether oxygens (including phenoxy) is 1. The molecule has 2 nitrogen and oxygen atoms in total. The summed E-state index contributed by atoms with van der Waals surface area (Å²) in [6.45, 7) is 2.21. The van der Waals surface area contributed by atoms with Crippen LogP contribution in [0.1, 0.15) is 17.3 Å². The first kappa shape index (κ1) is 9.30. The molecule has 63 valence electrons. The molecule has 3 heteroatoms. The van der Waals surface area contributed by atoms with Crippen molar-refractivity contribution in [1.29, 1.82) is 0 Å². The van der Waals surface area contributed by atoms with Crippen molar-refractivity contribution in [1.82, 2.24) is 0 Å². The molecule has 12 heavy (non-hydrogen) atoms. The number of carbonyl (C=O) groups excluding carboxylic acids is 1. The molecule has 1 aromatic rings. The molecule has 0 saturated heterocycles. The maximum atomic E-state index is 11.1. The van der Waals surface area contributed by atoms with E-state index in [-0.39, 0.29) is 5.97 Å². The van der Waals surface area contributed by atoms with Crippen molar-refractivity contribution >= 4 is 26.4 Å². The van der Waals surface area contributed by atoms with E-state index < -0.39 is 0 Å². The molecule has 0 N–H and O–H groups in total. The van der Waals surface area contributed by atoms with Gasteiger partial charge in [0.1, 0.15) is 0 Å². The average Bonchev–Trinajstić information content (AvgIpc) is 2.06. The molecule has 0 saturated carbocycles. The van der Waals surface area contributed by atoms with Gasteiger partial charge in [-0.2, -0.15) is 0 Å². The van der Waals surface area contributed by atoms with Gasteiger partial charge in [0, 0.05) is 0 Å². The maximum absolute atomic E-state index is 11.1. The summed E-state index contributed by atoms with van der Waals surface area (Å²) in [5.41, 5.74) is 0.593. The van der Waals surface area contributed by atoms with Crippen LogP contribution in [0.25, 0.3) is 0 Å². The van der Waals surface area contributed by atoms with Gasteiger partial charge in [-0.3, -0.25) is 0 Å². The van der Waals surface area contributed by atoms with Crippen LogP contribution in [0.3, 0.4) is 0 Å². The molecule has 1 aromatic carbocycles. The van der Waals surface area contributed by atoms with Crippen molar-refractivity contribution in [2.45, 2.75) is 6.92 Å². The van der Waals surface area contributed by atoms with E-state index >= 15 is 0 Å². The molecule has 0 spiro atoms. The van der Waals surface area contributed by atoms with Crippen LogP contribution < -0.4 is 4.46 Å². The Morgan fingerprint density at radius 1 is 1.42 bits per heavy atom. The number of esters is 1. The van der Waals surface area contributed by atoms with Crippen LogP contribution in [0.5, 0.6) is 0 Å². The van der Waals surface area contributed by atoms with Crippen molar-refractivity contribution < 1.29 is 9.53 Å². The van der Waals surface area contributed by atoms with Gasteiger partial charge in [0.05, 0.1) is 0 Å². The van der Waals surface area contributed by atoms with Crippen LogP contribution in [0.4, 0.5) is 0 Å². The van der Waals surface area contributed by atoms with E-state index in [9.17, 15) is 4.79 Å². The second-order valence-corrected chi connectivity index (χ2v) is 3.23. The summed E-state index contributed by atoms with van der Waals surface area (Å²) in [4.78, 5) is 11.1. The molecule has 0 amide bonds. The summed E-state index contributed by atoms with van der Waals surface area (Å²) < 4.78 is 5.84. The van der Waals surface area contributed by atoms with Crippen molar-refractivity contribution in [3.05, 3.63) is 29.8 Å². The zero-order chi connectivity index (χ0) is 8.97. The van der Waals surface area contributed by atoms with Gasteiger partial charge >= 0.3 is 79.3 Å². The van der Waals surface area contributed by atoms with E-state index in [0.717, 1.165) is 4.46 Å². The Labute approximate surface area is 79.7 Å². The van der Waals surface area contributed by atoms with Crippen LogP contribution in [-0.2, 0) is 4.74 Å². The van der Waals surface area contributed by atoms with Gasteiger partial charge in [-0.15, -0.1) is 0 Å². The van der Waals surface area contributed by atoms with Crippen molar-refractivity contribution in [2.75, 3.05) is 6.61 Å². The summed E-state index contributed by atoms with van der Waals surface area (Å²) in [7, 11) is 0. The van der Waals surface area contributed by atoms with Gasteiger partial charge < -0.3 is 0 Å². The first-order valence-corrected chi connectivity index (χ1v) is 4.54. The number of carbonyl (C=O) groups is 1. The molecule has 0 heterocycles. The predicted octanol–water partition coefficient (Wildman–Crippen LogP) is 0.657. The third kappa shape index (κ3) is 2.36. The van der Waals surface area contributed by atoms with Gasteiger partial charge in [-0.25, -0.2) is 0 Å². The van der Waals surface area contributed by atoms with Gasteiger partial charge in [0.15, 0.2) is 0 Å².